The molecule has 1 aromatic heterocycles. The number of amides is 2. The number of furan rings is 1. The van der Waals surface area contributed by atoms with Crippen molar-refractivity contribution in [3.63, 3.8) is 0 Å². The number of rotatable bonds is 7. The Morgan fingerprint density at radius 3 is 2.66 bits per heavy atom. The zero-order valence-corrected chi connectivity index (χ0v) is 17.3. The highest BCUT2D eigenvalue weighted by atomic mass is 35.5. The van der Waals surface area contributed by atoms with Gasteiger partial charge >= 0.3 is 0 Å². The molecule has 8 heteroatoms. The summed E-state index contributed by atoms with van der Waals surface area (Å²) in [6.45, 7) is 3.90. The van der Waals surface area contributed by atoms with E-state index >= 15 is 0 Å². The number of likely N-dealkylation sites (tertiary alicyclic amines) is 1. The fraction of sp³-hybridized carbons (Fsp3) is 0.429. The number of nitrogens with zero attached hydrogens (tertiary/aromatic N) is 1. The van der Waals surface area contributed by atoms with E-state index in [2.05, 4.69) is 5.32 Å². The average Bonchev–Trinajstić information content (AvgIpc) is 3.15. The van der Waals surface area contributed by atoms with Crippen molar-refractivity contribution in [1.29, 1.82) is 0 Å². The zero-order valence-electron chi connectivity index (χ0n) is 16.6. The van der Waals surface area contributed by atoms with E-state index in [9.17, 15) is 9.59 Å². The molecule has 1 aromatic carbocycles. The molecule has 1 aliphatic heterocycles. The largest absolute Gasteiger partial charge is 0.489 e. The van der Waals surface area contributed by atoms with Crippen molar-refractivity contribution in [3.05, 3.63) is 52.4 Å². The Bertz CT molecular complexity index is 859. The summed E-state index contributed by atoms with van der Waals surface area (Å²) in [6.07, 6.45) is 2.88. The van der Waals surface area contributed by atoms with Gasteiger partial charge in [0.05, 0.1) is 17.9 Å². The molecule has 0 saturated carbocycles. The lowest BCUT2D eigenvalue weighted by Gasteiger charge is -2.32. The van der Waals surface area contributed by atoms with Crippen LogP contribution in [0, 0.1) is 6.92 Å². The topological polar surface area (TPSA) is 81.0 Å². The Balaban J connectivity index is 1.53. The number of halogens is 1. The second kappa shape index (κ2) is 9.80. The van der Waals surface area contributed by atoms with Gasteiger partial charge in [-0.25, -0.2) is 0 Å². The van der Waals surface area contributed by atoms with E-state index < -0.39 is 0 Å². The van der Waals surface area contributed by atoms with Gasteiger partial charge in [-0.1, -0.05) is 11.6 Å². The fourth-order valence-corrected chi connectivity index (χ4v) is 3.42. The van der Waals surface area contributed by atoms with Crippen LogP contribution in [0.3, 0.4) is 0 Å². The Labute approximate surface area is 174 Å². The summed E-state index contributed by atoms with van der Waals surface area (Å²) in [5.41, 5.74) is 1.30. The van der Waals surface area contributed by atoms with Crippen LogP contribution in [-0.2, 0) is 4.74 Å². The van der Waals surface area contributed by atoms with E-state index in [1.807, 2.05) is 6.92 Å². The molecule has 1 N–H and O–H groups in total. The summed E-state index contributed by atoms with van der Waals surface area (Å²) in [5.74, 6) is 0.627. The number of carbonyl (C=O) groups is 2. The van der Waals surface area contributed by atoms with Gasteiger partial charge in [-0.05, 0) is 31.2 Å². The minimum Gasteiger partial charge on any atom is -0.489 e. The lowest BCUT2D eigenvalue weighted by molar-refractivity contribution is 0.0566. The lowest BCUT2D eigenvalue weighted by Crippen LogP contribution is -2.41. The first-order valence-electron chi connectivity index (χ1n) is 9.56. The van der Waals surface area contributed by atoms with Crippen molar-refractivity contribution in [2.24, 2.45) is 0 Å². The maximum atomic E-state index is 12.5. The highest BCUT2D eigenvalue weighted by Gasteiger charge is 2.27. The minimum atomic E-state index is -0.212. The van der Waals surface area contributed by atoms with Gasteiger partial charge < -0.3 is 24.1 Å². The number of hydrogen-bond acceptors (Lipinski definition) is 5. The molecule has 0 spiro atoms. The van der Waals surface area contributed by atoms with Crippen molar-refractivity contribution in [1.82, 2.24) is 10.2 Å². The summed E-state index contributed by atoms with van der Waals surface area (Å²) in [5, 5.41) is 3.13. The number of aryl methyl sites for hydroxylation is 1. The Hall–Kier alpha value is -2.51. The molecular formula is C21H25ClN2O5. The van der Waals surface area contributed by atoms with Gasteiger partial charge in [0.1, 0.15) is 11.9 Å². The fourth-order valence-electron chi connectivity index (χ4n) is 3.20. The van der Waals surface area contributed by atoms with E-state index in [1.165, 1.54) is 6.26 Å². The average molecular weight is 421 g/mol. The zero-order chi connectivity index (χ0) is 20.8. The third-order valence-electron chi connectivity index (χ3n) is 4.86. The van der Waals surface area contributed by atoms with Crippen LogP contribution < -0.4 is 10.1 Å². The molecular weight excluding hydrogens is 396 g/mol. The van der Waals surface area contributed by atoms with E-state index in [0.29, 0.717) is 61.2 Å². The van der Waals surface area contributed by atoms with Crippen LogP contribution >= 0.6 is 11.6 Å². The first-order valence-corrected chi connectivity index (χ1v) is 9.94. The monoisotopic (exact) mass is 420 g/mol. The molecule has 3 rings (SSSR count). The molecule has 0 atom stereocenters. The number of carbonyl (C=O) groups excluding carboxylic acids is 2. The second-order valence-electron chi connectivity index (χ2n) is 6.94. The molecule has 0 unspecified atom stereocenters. The van der Waals surface area contributed by atoms with Crippen molar-refractivity contribution in [2.45, 2.75) is 25.9 Å². The molecule has 29 heavy (non-hydrogen) atoms. The maximum Gasteiger partial charge on any atom is 0.289 e. The number of piperidine rings is 1. The standard InChI is InChI=1S/C21H25ClN2O5/c1-14-7-11-28-19(14)21(26)24-9-5-16(6-10-24)29-18-4-3-15(13-17(18)22)20(25)23-8-12-27-2/h3-4,7,11,13,16H,5-6,8-10,12H2,1-2H3,(H,23,25). The molecule has 1 saturated heterocycles. The maximum absolute atomic E-state index is 12.5. The predicted octanol–water partition coefficient (Wildman–Crippen LogP) is 3.30. The van der Waals surface area contributed by atoms with E-state index in [-0.39, 0.29) is 17.9 Å². The summed E-state index contributed by atoms with van der Waals surface area (Å²) in [7, 11) is 1.58. The molecule has 0 bridgehead atoms. The van der Waals surface area contributed by atoms with Gasteiger partial charge in [0.2, 0.25) is 0 Å². The molecule has 1 fully saturated rings. The molecule has 2 amide bonds. The van der Waals surface area contributed by atoms with Gasteiger partial charge in [0.25, 0.3) is 11.8 Å². The SMILES string of the molecule is COCCNC(=O)c1ccc(OC2CCN(C(=O)c3occc3C)CC2)c(Cl)c1. The normalized spacial score (nSPS) is 14.7. The highest BCUT2D eigenvalue weighted by Crippen LogP contribution is 2.29. The molecule has 156 valence electrons. The summed E-state index contributed by atoms with van der Waals surface area (Å²) >= 11 is 6.31. The molecule has 0 aliphatic carbocycles. The summed E-state index contributed by atoms with van der Waals surface area (Å²) in [4.78, 5) is 26.4. The van der Waals surface area contributed by atoms with Gasteiger partial charge in [-0.15, -0.1) is 0 Å². The molecule has 2 heterocycles. The van der Waals surface area contributed by atoms with E-state index in [1.54, 1.807) is 36.3 Å². The van der Waals surface area contributed by atoms with Crippen LogP contribution in [0.5, 0.6) is 5.75 Å². The first kappa shape index (κ1) is 21.2. The molecule has 0 radical (unpaired) electrons. The van der Waals surface area contributed by atoms with Crippen LogP contribution in [-0.4, -0.2) is 56.2 Å². The van der Waals surface area contributed by atoms with Crippen LogP contribution in [0.4, 0.5) is 0 Å². The Kier molecular flexibility index (Phi) is 7.17. The smallest absolute Gasteiger partial charge is 0.289 e. The Morgan fingerprint density at radius 2 is 2.03 bits per heavy atom. The van der Waals surface area contributed by atoms with Gasteiger partial charge in [-0.3, -0.25) is 9.59 Å². The van der Waals surface area contributed by atoms with E-state index in [4.69, 9.17) is 25.5 Å². The first-order chi connectivity index (χ1) is 14.0. The quantitative estimate of drug-likeness (QED) is 0.695. The summed E-state index contributed by atoms with van der Waals surface area (Å²) < 4.78 is 16.2. The van der Waals surface area contributed by atoms with Crippen molar-refractivity contribution < 1.29 is 23.5 Å². The molecule has 1 aliphatic rings. The van der Waals surface area contributed by atoms with Crippen molar-refractivity contribution in [3.8, 4) is 5.75 Å². The third kappa shape index (κ3) is 5.31. The highest BCUT2D eigenvalue weighted by molar-refractivity contribution is 6.32. The van der Waals surface area contributed by atoms with Crippen LogP contribution in [0.2, 0.25) is 5.02 Å². The number of benzene rings is 1. The number of hydrogen-bond donors (Lipinski definition) is 1. The van der Waals surface area contributed by atoms with Gasteiger partial charge in [-0.2, -0.15) is 0 Å². The number of methoxy groups -OCH3 is 1. The molecule has 2 aromatic rings. The van der Waals surface area contributed by atoms with Crippen LogP contribution in [0.15, 0.2) is 34.9 Å². The van der Waals surface area contributed by atoms with Gasteiger partial charge in [0, 0.05) is 50.7 Å². The Morgan fingerprint density at radius 1 is 1.28 bits per heavy atom. The number of nitrogens with one attached hydrogen (secondary N) is 1. The predicted molar refractivity (Wildman–Crippen MR) is 109 cm³/mol. The van der Waals surface area contributed by atoms with E-state index in [0.717, 1.165) is 5.56 Å². The second-order valence-corrected chi connectivity index (χ2v) is 7.34. The van der Waals surface area contributed by atoms with Crippen molar-refractivity contribution >= 4 is 23.4 Å². The summed E-state index contributed by atoms with van der Waals surface area (Å²) in [6, 6.07) is 6.77. The van der Waals surface area contributed by atoms with Crippen molar-refractivity contribution in [2.75, 3.05) is 33.4 Å². The lowest BCUT2D eigenvalue weighted by atomic mass is 10.1. The molecule has 7 nitrogen and oxygen atoms in total. The number of ether oxygens (including phenoxy) is 2. The van der Waals surface area contributed by atoms with Crippen LogP contribution in [0.1, 0.15) is 39.3 Å². The third-order valence-corrected chi connectivity index (χ3v) is 5.16. The minimum absolute atomic E-state index is 0.0457. The van der Waals surface area contributed by atoms with Crippen LogP contribution in [0.25, 0.3) is 0 Å². The van der Waals surface area contributed by atoms with Gasteiger partial charge in [0.15, 0.2) is 5.76 Å².